The molecule has 6 heteroatoms. The molecule has 3 aromatic rings. The van der Waals surface area contributed by atoms with Crippen LogP contribution in [-0.2, 0) is 22.4 Å². The Hall–Kier alpha value is -3.25. The summed E-state index contributed by atoms with van der Waals surface area (Å²) in [4.78, 5) is 25.8. The normalized spacial score (nSPS) is 10.5. The van der Waals surface area contributed by atoms with E-state index >= 15 is 0 Å². The van der Waals surface area contributed by atoms with Gasteiger partial charge < -0.3 is 15.5 Å². The highest BCUT2D eigenvalue weighted by molar-refractivity contribution is 7.80. The standard InChI is InChI=1S/C24H25N3O2S/c1-27(2)23(29)14-13-17-7-5-11-20(15-17)25-24(30)26-22(28)16-19-10-6-9-18-8-3-4-12-21(18)19/h3-12,15H,13-14,16H2,1-2H3,(H2,25,26,28,30). The first kappa shape index (κ1) is 21.5. The second kappa shape index (κ2) is 9.98. The number of nitrogens with one attached hydrogen (secondary N) is 2. The van der Waals surface area contributed by atoms with Crippen molar-refractivity contribution < 1.29 is 9.59 Å². The summed E-state index contributed by atoms with van der Waals surface area (Å²) < 4.78 is 0. The van der Waals surface area contributed by atoms with Gasteiger partial charge in [0.1, 0.15) is 0 Å². The SMILES string of the molecule is CN(C)C(=O)CCc1cccc(NC(=S)NC(=O)Cc2cccc3ccccc23)c1. The molecule has 30 heavy (non-hydrogen) atoms. The van der Waals surface area contributed by atoms with Gasteiger partial charge in [-0.05, 0) is 52.7 Å². The van der Waals surface area contributed by atoms with Crippen molar-refractivity contribution in [3.63, 3.8) is 0 Å². The fourth-order valence-corrected chi connectivity index (χ4v) is 3.46. The Morgan fingerprint density at radius 3 is 2.50 bits per heavy atom. The summed E-state index contributed by atoms with van der Waals surface area (Å²) in [5.74, 6) is -0.0823. The van der Waals surface area contributed by atoms with E-state index < -0.39 is 0 Å². The molecule has 0 fully saturated rings. The molecule has 0 saturated carbocycles. The average molecular weight is 420 g/mol. The lowest BCUT2D eigenvalue weighted by Crippen LogP contribution is -2.35. The van der Waals surface area contributed by atoms with Crippen molar-refractivity contribution in [3.05, 3.63) is 77.9 Å². The predicted octanol–water partition coefficient (Wildman–Crippen LogP) is 3.92. The molecule has 0 unspecified atom stereocenters. The smallest absolute Gasteiger partial charge is 0.230 e. The summed E-state index contributed by atoms with van der Waals surface area (Å²) in [5.41, 5.74) is 2.77. The van der Waals surface area contributed by atoms with Gasteiger partial charge in [-0.3, -0.25) is 9.59 Å². The van der Waals surface area contributed by atoms with Gasteiger partial charge in [-0.15, -0.1) is 0 Å². The van der Waals surface area contributed by atoms with E-state index in [1.807, 2.05) is 66.7 Å². The molecular formula is C24H25N3O2S. The Labute approximate surface area is 182 Å². The highest BCUT2D eigenvalue weighted by Crippen LogP contribution is 2.19. The van der Waals surface area contributed by atoms with Crippen LogP contribution in [0.5, 0.6) is 0 Å². The summed E-state index contributed by atoms with van der Waals surface area (Å²) in [5, 5.41) is 8.22. The van der Waals surface area contributed by atoms with Crippen LogP contribution in [-0.4, -0.2) is 35.9 Å². The van der Waals surface area contributed by atoms with Crippen molar-refractivity contribution in [1.29, 1.82) is 0 Å². The number of nitrogens with zero attached hydrogens (tertiary/aromatic N) is 1. The predicted molar refractivity (Wildman–Crippen MR) is 125 cm³/mol. The van der Waals surface area contributed by atoms with Crippen molar-refractivity contribution in [2.24, 2.45) is 0 Å². The number of rotatable bonds is 6. The number of anilines is 1. The second-order valence-corrected chi connectivity index (χ2v) is 7.71. The fraction of sp³-hybridized carbons (Fsp3) is 0.208. The Bertz CT molecular complexity index is 1070. The van der Waals surface area contributed by atoms with E-state index in [2.05, 4.69) is 10.6 Å². The molecular weight excluding hydrogens is 394 g/mol. The Morgan fingerprint density at radius 1 is 0.967 bits per heavy atom. The van der Waals surface area contributed by atoms with E-state index in [4.69, 9.17) is 12.2 Å². The van der Waals surface area contributed by atoms with Gasteiger partial charge in [0.15, 0.2) is 5.11 Å². The van der Waals surface area contributed by atoms with Crippen LogP contribution in [0.2, 0.25) is 0 Å². The van der Waals surface area contributed by atoms with E-state index in [9.17, 15) is 9.59 Å². The van der Waals surface area contributed by atoms with Crippen LogP contribution in [0.3, 0.4) is 0 Å². The zero-order chi connectivity index (χ0) is 21.5. The lowest BCUT2D eigenvalue weighted by atomic mass is 10.0. The molecule has 5 nitrogen and oxygen atoms in total. The summed E-state index contributed by atoms with van der Waals surface area (Å²) in [6.07, 6.45) is 1.34. The summed E-state index contributed by atoms with van der Waals surface area (Å²) in [7, 11) is 3.50. The number of fused-ring (bicyclic) bond motifs is 1. The van der Waals surface area contributed by atoms with Gasteiger partial charge in [0, 0.05) is 26.2 Å². The maximum Gasteiger partial charge on any atom is 0.230 e. The molecule has 0 aliphatic heterocycles. The molecule has 0 atom stereocenters. The number of carbonyl (C=O) groups is 2. The van der Waals surface area contributed by atoms with Crippen molar-refractivity contribution in [2.45, 2.75) is 19.3 Å². The Balaban J connectivity index is 1.57. The Morgan fingerprint density at radius 2 is 1.70 bits per heavy atom. The van der Waals surface area contributed by atoms with Gasteiger partial charge in [-0.2, -0.15) is 0 Å². The molecule has 0 radical (unpaired) electrons. The quantitative estimate of drug-likeness (QED) is 0.595. The largest absolute Gasteiger partial charge is 0.349 e. The van der Waals surface area contributed by atoms with Crippen molar-refractivity contribution in [1.82, 2.24) is 10.2 Å². The number of aryl methyl sites for hydroxylation is 1. The van der Waals surface area contributed by atoms with E-state index in [0.29, 0.717) is 12.8 Å². The van der Waals surface area contributed by atoms with Crippen LogP contribution in [0.25, 0.3) is 10.8 Å². The van der Waals surface area contributed by atoms with Gasteiger partial charge in [0.05, 0.1) is 6.42 Å². The average Bonchev–Trinajstić information content (AvgIpc) is 2.72. The van der Waals surface area contributed by atoms with Crippen LogP contribution in [0, 0.1) is 0 Å². The van der Waals surface area contributed by atoms with Gasteiger partial charge in [-0.1, -0.05) is 54.6 Å². The maximum absolute atomic E-state index is 12.5. The van der Waals surface area contributed by atoms with E-state index in [1.54, 1.807) is 19.0 Å². The number of hydrogen-bond acceptors (Lipinski definition) is 3. The second-order valence-electron chi connectivity index (χ2n) is 7.31. The summed E-state index contributed by atoms with van der Waals surface area (Å²) >= 11 is 5.30. The molecule has 0 spiro atoms. The maximum atomic E-state index is 12.5. The highest BCUT2D eigenvalue weighted by Gasteiger charge is 2.10. The van der Waals surface area contributed by atoms with Crippen LogP contribution in [0.1, 0.15) is 17.5 Å². The topological polar surface area (TPSA) is 61.4 Å². The van der Waals surface area contributed by atoms with Gasteiger partial charge >= 0.3 is 0 Å². The molecule has 0 saturated heterocycles. The first-order valence-electron chi connectivity index (χ1n) is 9.79. The number of thiocarbonyl (C=S) groups is 1. The lowest BCUT2D eigenvalue weighted by Gasteiger charge is -2.12. The molecule has 0 aromatic heterocycles. The molecule has 2 N–H and O–H groups in total. The van der Waals surface area contributed by atoms with Crippen LogP contribution >= 0.6 is 12.2 Å². The van der Waals surface area contributed by atoms with Crippen LogP contribution in [0.15, 0.2) is 66.7 Å². The van der Waals surface area contributed by atoms with Gasteiger partial charge in [0.25, 0.3) is 0 Å². The van der Waals surface area contributed by atoms with Crippen molar-refractivity contribution in [2.75, 3.05) is 19.4 Å². The summed E-state index contributed by atoms with van der Waals surface area (Å²) in [6.45, 7) is 0. The first-order chi connectivity index (χ1) is 14.4. The molecule has 2 amide bonds. The highest BCUT2D eigenvalue weighted by atomic mass is 32.1. The van der Waals surface area contributed by atoms with Crippen LogP contribution < -0.4 is 10.6 Å². The zero-order valence-corrected chi connectivity index (χ0v) is 18.0. The molecule has 0 aliphatic carbocycles. The fourth-order valence-electron chi connectivity index (χ4n) is 3.23. The molecule has 154 valence electrons. The number of amides is 2. The monoisotopic (exact) mass is 419 g/mol. The molecule has 0 bridgehead atoms. The van der Waals surface area contributed by atoms with Crippen molar-refractivity contribution in [3.8, 4) is 0 Å². The third-order valence-corrected chi connectivity index (χ3v) is 5.00. The molecule has 3 aromatic carbocycles. The number of benzene rings is 3. The van der Waals surface area contributed by atoms with Crippen LogP contribution in [0.4, 0.5) is 5.69 Å². The summed E-state index contributed by atoms with van der Waals surface area (Å²) in [6, 6.07) is 21.6. The minimum atomic E-state index is -0.170. The van der Waals surface area contributed by atoms with E-state index in [0.717, 1.165) is 27.6 Å². The minimum absolute atomic E-state index is 0.0876. The molecule has 0 aliphatic rings. The third-order valence-electron chi connectivity index (χ3n) is 4.80. The molecule has 3 rings (SSSR count). The number of hydrogen-bond donors (Lipinski definition) is 2. The van der Waals surface area contributed by atoms with E-state index in [1.165, 1.54) is 0 Å². The minimum Gasteiger partial charge on any atom is -0.349 e. The first-order valence-corrected chi connectivity index (χ1v) is 10.2. The Kier molecular flexibility index (Phi) is 7.14. The zero-order valence-electron chi connectivity index (χ0n) is 17.1. The number of carbonyl (C=O) groups excluding carboxylic acids is 2. The van der Waals surface area contributed by atoms with Crippen molar-refractivity contribution >= 4 is 45.6 Å². The van der Waals surface area contributed by atoms with Gasteiger partial charge in [0.2, 0.25) is 11.8 Å². The van der Waals surface area contributed by atoms with Gasteiger partial charge in [-0.25, -0.2) is 0 Å². The third kappa shape index (κ3) is 5.87. The lowest BCUT2D eigenvalue weighted by molar-refractivity contribution is -0.128. The van der Waals surface area contributed by atoms with E-state index in [-0.39, 0.29) is 23.3 Å². The molecule has 0 heterocycles.